The molecule has 3 rings (SSSR count). The third-order valence-electron chi connectivity index (χ3n) is 3.56. The number of nitrogens with zero attached hydrogens (tertiary/aromatic N) is 3. The maximum absolute atomic E-state index is 12.1. The predicted molar refractivity (Wildman–Crippen MR) is 68.9 cm³/mol. The fourth-order valence-electron chi connectivity index (χ4n) is 2.42. The Kier molecular flexibility index (Phi) is 3.32. The maximum atomic E-state index is 12.1. The van der Waals surface area contributed by atoms with Crippen LogP contribution in [0.4, 0.5) is 0 Å². The van der Waals surface area contributed by atoms with Crippen molar-refractivity contribution in [3.63, 3.8) is 0 Å². The average molecular weight is 267 g/mol. The van der Waals surface area contributed by atoms with Crippen LogP contribution in [0, 0.1) is 6.92 Å². The SMILES string of the molecule is Cc1cc(C(=O)N2CC(N3CCOCC3)C2)ns1. The summed E-state index contributed by atoms with van der Waals surface area (Å²) in [6.07, 6.45) is 0. The summed E-state index contributed by atoms with van der Waals surface area (Å²) in [5, 5.41) is 0. The largest absolute Gasteiger partial charge is 0.379 e. The second-order valence-electron chi connectivity index (χ2n) is 4.84. The van der Waals surface area contributed by atoms with E-state index in [9.17, 15) is 4.79 Å². The van der Waals surface area contributed by atoms with Crippen molar-refractivity contribution in [2.45, 2.75) is 13.0 Å². The van der Waals surface area contributed by atoms with Crippen LogP contribution >= 0.6 is 11.5 Å². The van der Waals surface area contributed by atoms with Crippen LogP contribution < -0.4 is 0 Å². The Morgan fingerprint density at radius 3 is 2.78 bits per heavy atom. The minimum atomic E-state index is 0.0730. The van der Waals surface area contributed by atoms with E-state index in [-0.39, 0.29) is 5.91 Å². The lowest BCUT2D eigenvalue weighted by molar-refractivity contribution is -0.0257. The molecule has 0 radical (unpaired) electrons. The van der Waals surface area contributed by atoms with E-state index in [1.165, 1.54) is 11.5 Å². The number of amides is 1. The van der Waals surface area contributed by atoms with Gasteiger partial charge < -0.3 is 9.64 Å². The van der Waals surface area contributed by atoms with E-state index in [1.807, 2.05) is 17.9 Å². The van der Waals surface area contributed by atoms with E-state index in [0.717, 1.165) is 44.3 Å². The summed E-state index contributed by atoms with van der Waals surface area (Å²) in [7, 11) is 0. The summed E-state index contributed by atoms with van der Waals surface area (Å²) in [6, 6.07) is 2.38. The second-order valence-corrected chi connectivity index (χ2v) is 5.84. The first-order chi connectivity index (χ1) is 8.74. The van der Waals surface area contributed by atoms with Gasteiger partial charge in [-0.05, 0) is 24.5 Å². The molecule has 1 aromatic heterocycles. The molecule has 2 aliphatic heterocycles. The lowest BCUT2D eigenvalue weighted by Gasteiger charge is -2.46. The Labute approximate surface area is 111 Å². The molecule has 1 amide bonds. The van der Waals surface area contributed by atoms with Gasteiger partial charge in [0.1, 0.15) is 5.69 Å². The molecule has 0 N–H and O–H groups in total. The average Bonchev–Trinajstić information content (AvgIpc) is 2.75. The quantitative estimate of drug-likeness (QED) is 0.787. The van der Waals surface area contributed by atoms with Crippen molar-refractivity contribution in [1.82, 2.24) is 14.2 Å². The lowest BCUT2D eigenvalue weighted by atomic mass is 10.1. The number of aromatic nitrogens is 1. The van der Waals surface area contributed by atoms with Crippen LogP contribution in [0.15, 0.2) is 6.07 Å². The highest BCUT2D eigenvalue weighted by Crippen LogP contribution is 2.19. The number of aryl methyl sites for hydroxylation is 1. The van der Waals surface area contributed by atoms with Gasteiger partial charge in [0.05, 0.1) is 13.2 Å². The molecule has 0 aliphatic carbocycles. The number of rotatable bonds is 2. The second kappa shape index (κ2) is 4.95. The van der Waals surface area contributed by atoms with Crippen molar-refractivity contribution >= 4 is 17.4 Å². The zero-order chi connectivity index (χ0) is 12.5. The number of carbonyl (C=O) groups excluding carboxylic acids is 1. The summed E-state index contributed by atoms with van der Waals surface area (Å²) in [5.41, 5.74) is 0.595. The Bertz CT molecular complexity index is 436. The Morgan fingerprint density at radius 1 is 1.44 bits per heavy atom. The summed E-state index contributed by atoms with van der Waals surface area (Å²) < 4.78 is 9.51. The zero-order valence-corrected chi connectivity index (χ0v) is 11.3. The summed E-state index contributed by atoms with van der Waals surface area (Å²) in [6.45, 7) is 7.24. The van der Waals surface area contributed by atoms with Gasteiger partial charge in [0.25, 0.3) is 5.91 Å². The van der Waals surface area contributed by atoms with Gasteiger partial charge in [-0.1, -0.05) is 0 Å². The Balaban J connectivity index is 1.53. The van der Waals surface area contributed by atoms with Crippen molar-refractivity contribution < 1.29 is 9.53 Å². The van der Waals surface area contributed by atoms with Crippen LogP contribution in [0.5, 0.6) is 0 Å². The lowest BCUT2D eigenvalue weighted by Crippen LogP contribution is -2.62. The number of ether oxygens (including phenoxy) is 1. The molecule has 0 saturated carbocycles. The molecule has 0 bridgehead atoms. The van der Waals surface area contributed by atoms with E-state index in [1.54, 1.807) is 0 Å². The van der Waals surface area contributed by atoms with Gasteiger partial charge in [-0.15, -0.1) is 0 Å². The third-order valence-corrected chi connectivity index (χ3v) is 4.25. The van der Waals surface area contributed by atoms with Crippen molar-refractivity contribution in [2.75, 3.05) is 39.4 Å². The Hall–Kier alpha value is -0.980. The van der Waals surface area contributed by atoms with Crippen molar-refractivity contribution in [2.24, 2.45) is 0 Å². The predicted octanol–water partition coefficient (Wildman–Crippen LogP) is 0.608. The molecule has 2 saturated heterocycles. The molecule has 0 atom stereocenters. The first-order valence-electron chi connectivity index (χ1n) is 6.28. The Morgan fingerprint density at radius 2 is 2.17 bits per heavy atom. The van der Waals surface area contributed by atoms with Crippen LogP contribution in [0.25, 0.3) is 0 Å². The van der Waals surface area contributed by atoms with E-state index in [2.05, 4.69) is 9.27 Å². The molecule has 0 unspecified atom stereocenters. The molecule has 6 heteroatoms. The molecular formula is C12H17N3O2S. The first kappa shape index (κ1) is 12.1. The monoisotopic (exact) mass is 267 g/mol. The summed E-state index contributed by atoms with van der Waals surface area (Å²) in [4.78, 5) is 17.5. The number of morpholine rings is 1. The first-order valence-corrected chi connectivity index (χ1v) is 7.06. The van der Waals surface area contributed by atoms with Crippen molar-refractivity contribution in [3.8, 4) is 0 Å². The van der Waals surface area contributed by atoms with Crippen molar-refractivity contribution in [3.05, 3.63) is 16.6 Å². The summed E-state index contributed by atoms with van der Waals surface area (Å²) in [5.74, 6) is 0.0730. The van der Waals surface area contributed by atoms with Crippen LogP contribution in [-0.2, 0) is 4.74 Å². The van der Waals surface area contributed by atoms with Crippen LogP contribution in [0.3, 0.4) is 0 Å². The highest BCUT2D eigenvalue weighted by atomic mass is 32.1. The van der Waals surface area contributed by atoms with Crippen molar-refractivity contribution in [1.29, 1.82) is 0 Å². The maximum Gasteiger partial charge on any atom is 0.273 e. The topological polar surface area (TPSA) is 45.7 Å². The molecule has 2 fully saturated rings. The van der Waals surface area contributed by atoms with E-state index < -0.39 is 0 Å². The van der Waals surface area contributed by atoms with Gasteiger partial charge in [0, 0.05) is 37.1 Å². The van der Waals surface area contributed by atoms with Gasteiger partial charge >= 0.3 is 0 Å². The highest BCUT2D eigenvalue weighted by Gasteiger charge is 2.36. The number of hydrogen-bond acceptors (Lipinski definition) is 5. The minimum absolute atomic E-state index is 0.0730. The smallest absolute Gasteiger partial charge is 0.273 e. The third kappa shape index (κ3) is 2.28. The molecule has 18 heavy (non-hydrogen) atoms. The van der Waals surface area contributed by atoms with E-state index in [4.69, 9.17) is 4.74 Å². The van der Waals surface area contributed by atoms with Crippen LogP contribution in [0.2, 0.25) is 0 Å². The molecule has 0 spiro atoms. The van der Waals surface area contributed by atoms with Gasteiger partial charge in [-0.2, -0.15) is 4.37 Å². The molecule has 0 aromatic carbocycles. The van der Waals surface area contributed by atoms with E-state index >= 15 is 0 Å². The fraction of sp³-hybridized carbons (Fsp3) is 0.667. The molecule has 98 valence electrons. The zero-order valence-electron chi connectivity index (χ0n) is 10.5. The molecule has 5 nitrogen and oxygen atoms in total. The standard InChI is InChI=1S/C12H17N3O2S/c1-9-6-11(13-18-9)12(16)15-7-10(8-15)14-2-4-17-5-3-14/h6,10H,2-5,7-8H2,1H3. The normalized spacial score (nSPS) is 21.9. The van der Waals surface area contributed by atoms with E-state index in [0.29, 0.717) is 11.7 Å². The van der Waals surface area contributed by atoms with Gasteiger partial charge in [-0.25, -0.2) is 0 Å². The number of carbonyl (C=O) groups is 1. The van der Waals surface area contributed by atoms with Gasteiger partial charge in [-0.3, -0.25) is 9.69 Å². The highest BCUT2D eigenvalue weighted by molar-refractivity contribution is 7.05. The van der Waals surface area contributed by atoms with Gasteiger partial charge in [0.2, 0.25) is 0 Å². The van der Waals surface area contributed by atoms with Crippen LogP contribution in [0.1, 0.15) is 15.4 Å². The fourth-order valence-corrected chi connectivity index (χ4v) is 2.96. The van der Waals surface area contributed by atoms with Crippen LogP contribution in [-0.4, -0.2) is 65.5 Å². The van der Waals surface area contributed by atoms with Gasteiger partial charge in [0.15, 0.2) is 0 Å². The molecule has 3 heterocycles. The molecule has 1 aromatic rings. The number of hydrogen-bond donors (Lipinski definition) is 0. The molecule has 2 aliphatic rings. The number of likely N-dealkylation sites (tertiary alicyclic amines) is 1. The molecular weight excluding hydrogens is 250 g/mol. The minimum Gasteiger partial charge on any atom is -0.379 e. The summed E-state index contributed by atoms with van der Waals surface area (Å²) >= 11 is 1.39.